The monoisotopic (exact) mass is 369 g/mol. The number of amides is 3. The summed E-state index contributed by atoms with van der Waals surface area (Å²) in [5, 5.41) is 3.23. The molecule has 2 heterocycles. The van der Waals surface area contributed by atoms with Gasteiger partial charge in [0.15, 0.2) is 5.13 Å². The fraction of sp³-hybridized carbons (Fsp3) is 0.368. The summed E-state index contributed by atoms with van der Waals surface area (Å²) in [5.41, 5.74) is 1.94. The highest BCUT2D eigenvalue weighted by Crippen LogP contribution is 2.36. The molecule has 3 atom stereocenters. The first kappa shape index (κ1) is 16.9. The van der Waals surface area contributed by atoms with Crippen LogP contribution in [0.1, 0.15) is 25.3 Å². The second-order valence-corrected chi connectivity index (χ2v) is 7.89. The van der Waals surface area contributed by atoms with Gasteiger partial charge in [-0.2, -0.15) is 0 Å². The van der Waals surface area contributed by atoms with Gasteiger partial charge in [-0.05, 0) is 44.4 Å². The Balaban J connectivity index is 1.52. The number of imide groups is 1. The van der Waals surface area contributed by atoms with Crippen molar-refractivity contribution >= 4 is 44.4 Å². The molecule has 1 N–H and O–H groups in total. The Morgan fingerprint density at radius 3 is 2.54 bits per heavy atom. The second kappa shape index (κ2) is 6.32. The van der Waals surface area contributed by atoms with Crippen LogP contribution in [0.2, 0.25) is 0 Å². The van der Waals surface area contributed by atoms with Crippen LogP contribution in [0.15, 0.2) is 30.4 Å². The van der Waals surface area contributed by atoms with Crippen molar-refractivity contribution < 1.29 is 14.4 Å². The van der Waals surface area contributed by atoms with Gasteiger partial charge < -0.3 is 5.32 Å². The molecular formula is C19H19N3O3S. The lowest BCUT2D eigenvalue weighted by Gasteiger charge is -2.21. The normalized spacial score (nSPS) is 23.4. The maximum atomic E-state index is 12.6. The number of rotatable bonds is 3. The number of allylic oxidation sites excluding steroid dienone is 2. The largest absolute Gasteiger partial charge is 0.300 e. The van der Waals surface area contributed by atoms with E-state index in [0.717, 1.165) is 20.7 Å². The van der Waals surface area contributed by atoms with Crippen molar-refractivity contribution in [2.45, 2.75) is 32.7 Å². The van der Waals surface area contributed by atoms with E-state index in [1.807, 2.05) is 37.3 Å². The zero-order chi connectivity index (χ0) is 18.4. The van der Waals surface area contributed by atoms with E-state index in [0.29, 0.717) is 18.0 Å². The molecule has 6 nitrogen and oxygen atoms in total. The highest BCUT2D eigenvalue weighted by Gasteiger charge is 2.50. The number of likely N-dealkylation sites (tertiary alicyclic amines) is 1. The molecule has 0 bridgehead atoms. The van der Waals surface area contributed by atoms with Gasteiger partial charge in [-0.1, -0.05) is 29.6 Å². The van der Waals surface area contributed by atoms with Crippen molar-refractivity contribution in [2.24, 2.45) is 11.8 Å². The summed E-state index contributed by atoms with van der Waals surface area (Å²) < 4.78 is 0.985. The predicted octanol–water partition coefficient (Wildman–Crippen LogP) is 2.88. The van der Waals surface area contributed by atoms with Gasteiger partial charge in [0.05, 0.1) is 22.1 Å². The third-order valence-electron chi connectivity index (χ3n) is 5.08. The lowest BCUT2D eigenvalue weighted by Crippen LogP contribution is -2.46. The Hall–Kier alpha value is -2.54. The van der Waals surface area contributed by atoms with E-state index in [9.17, 15) is 14.4 Å². The fourth-order valence-corrected chi connectivity index (χ4v) is 4.59. The standard InChI is InChI=1S/C19H19N3O3S/c1-10-7-8-14-15(9-10)26-19(20-14)21-16(23)11(2)22-17(24)12-5-3-4-6-13(12)18(22)25/h3-4,7-9,11-13H,5-6H2,1-2H3,(H,20,21,23)/t11-,12?,13?/m1/s1. The molecule has 0 spiro atoms. The fourth-order valence-electron chi connectivity index (χ4n) is 3.62. The second-order valence-electron chi connectivity index (χ2n) is 6.86. The molecule has 7 heteroatoms. The molecule has 1 aromatic carbocycles. The summed E-state index contributed by atoms with van der Waals surface area (Å²) in [6.07, 6.45) is 5.00. The third kappa shape index (κ3) is 2.72. The number of fused-ring (bicyclic) bond motifs is 2. The Morgan fingerprint density at radius 1 is 1.23 bits per heavy atom. The first-order valence-electron chi connectivity index (χ1n) is 8.65. The number of thiazole rings is 1. The number of carbonyl (C=O) groups excluding carboxylic acids is 3. The minimum atomic E-state index is -0.852. The van der Waals surface area contributed by atoms with Crippen molar-refractivity contribution in [1.29, 1.82) is 0 Å². The number of aromatic nitrogens is 1. The molecule has 4 rings (SSSR count). The smallest absolute Gasteiger partial charge is 0.249 e. The van der Waals surface area contributed by atoms with E-state index in [1.165, 1.54) is 11.3 Å². The third-order valence-corrected chi connectivity index (χ3v) is 6.02. The van der Waals surface area contributed by atoms with Gasteiger partial charge in [-0.15, -0.1) is 0 Å². The summed E-state index contributed by atoms with van der Waals surface area (Å²) in [7, 11) is 0. The Bertz CT molecular complexity index is 923. The minimum absolute atomic E-state index is 0.244. The first-order valence-corrected chi connectivity index (χ1v) is 9.47. The number of nitrogens with one attached hydrogen (secondary N) is 1. The number of carbonyl (C=O) groups is 3. The average molecular weight is 369 g/mol. The molecule has 26 heavy (non-hydrogen) atoms. The van der Waals surface area contributed by atoms with Crippen molar-refractivity contribution in [1.82, 2.24) is 9.88 Å². The van der Waals surface area contributed by atoms with Gasteiger partial charge in [-0.25, -0.2) is 4.98 Å². The van der Waals surface area contributed by atoms with E-state index in [2.05, 4.69) is 10.3 Å². The lowest BCUT2D eigenvalue weighted by atomic mass is 9.85. The molecule has 0 saturated carbocycles. The van der Waals surface area contributed by atoms with Crippen LogP contribution in [-0.2, 0) is 14.4 Å². The van der Waals surface area contributed by atoms with E-state index >= 15 is 0 Å². The quantitative estimate of drug-likeness (QED) is 0.666. The summed E-state index contributed by atoms with van der Waals surface area (Å²) in [4.78, 5) is 43.4. The van der Waals surface area contributed by atoms with Crippen molar-refractivity contribution in [3.63, 3.8) is 0 Å². The van der Waals surface area contributed by atoms with Crippen LogP contribution in [0.25, 0.3) is 10.2 Å². The number of aryl methyl sites for hydroxylation is 1. The van der Waals surface area contributed by atoms with Crippen LogP contribution in [0.5, 0.6) is 0 Å². The van der Waals surface area contributed by atoms with E-state index in [4.69, 9.17) is 0 Å². The molecule has 3 amide bonds. The van der Waals surface area contributed by atoms with Gasteiger partial charge in [0, 0.05) is 0 Å². The number of nitrogens with zero attached hydrogens (tertiary/aromatic N) is 2. The van der Waals surface area contributed by atoms with Gasteiger partial charge in [-0.3, -0.25) is 19.3 Å². The molecule has 134 valence electrons. The molecule has 2 aliphatic rings. The Morgan fingerprint density at radius 2 is 1.88 bits per heavy atom. The first-order chi connectivity index (χ1) is 12.5. The zero-order valence-corrected chi connectivity index (χ0v) is 15.4. The number of anilines is 1. The van der Waals surface area contributed by atoms with Crippen LogP contribution >= 0.6 is 11.3 Å². The van der Waals surface area contributed by atoms with Crippen LogP contribution in [0.3, 0.4) is 0 Å². The van der Waals surface area contributed by atoms with E-state index < -0.39 is 11.9 Å². The molecule has 2 unspecified atom stereocenters. The van der Waals surface area contributed by atoms with Gasteiger partial charge in [0.25, 0.3) is 0 Å². The van der Waals surface area contributed by atoms with Gasteiger partial charge >= 0.3 is 0 Å². The molecule has 1 aromatic heterocycles. The van der Waals surface area contributed by atoms with Crippen LogP contribution in [0.4, 0.5) is 5.13 Å². The Labute approximate surface area is 154 Å². The predicted molar refractivity (Wildman–Crippen MR) is 99.7 cm³/mol. The van der Waals surface area contributed by atoms with Gasteiger partial charge in [0.1, 0.15) is 6.04 Å². The number of benzene rings is 1. The molecule has 0 radical (unpaired) electrons. The molecule has 1 fully saturated rings. The molecule has 1 saturated heterocycles. The topological polar surface area (TPSA) is 79.4 Å². The van der Waals surface area contributed by atoms with Crippen LogP contribution in [-0.4, -0.2) is 33.6 Å². The average Bonchev–Trinajstić information content (AvgIpc) is 3.13. The SMILES string of the molecule is Cc1ccc2nc(NC(=O)[C@@H](C)N3C(=O)C4CC=CCC4C3=O)sc2c1. The summed E-state index contributed by atoms with van der Waals surface area (Å²) >= 11 is 1.38. The number of hydrogen-bond acceptors (Lipinski definition) is 5. The van der Waals surface area contributed by atoms with Crippen LogP contribution < -0.4 is 5.32 Å². The van der Waals surface area contributed by atoms with Gasteiger partial charge in [0.2, 0.25) is 17.7 Å². The van der Waals surface area contributed by atoms with E-state index in [-0.39, 0.29) is 23.7 Å². The molecule has 1 aliphatic heterocycles. The molecular weight excluding hydrogens is 350 g/mol. The van der Waals surface area contributed by atoms with E-state index in [1.54, 1.807) is 6.92 Å². The van der Waals surface area contributed by atoms with Crippen molar-refractivity contribution in [2.75, 3.05) is 5.32 Å². The highest BCUT2D eigenvalue weighted by atomic mass is 32.1. The lowest BCUT2D eigenvalue weighted by molar-refractivity contribution is -0.146. The summed E-state index contributed by atoms with van der Waals surface area (Å²) in [6.45, 7) is 3.59. The van der Waals surface area contributed by atoms with Crippen molar-refractivity contribution in [3.8, 4) is 0 Å². The number of hydrogen-bond donors (Lipinski definition) is 1. The van der Waals surface area contributed by atoms with Crippen molar-refractivity contribution in [3.05, 3.63) is 35.9 Å². The van der Waals surface area contributed by atoms with Crippen LogP contribution in [0, 0.1) is 18.8 Å². The maximum absolute atomic E-state index is 12.6. The Kier molecular flexibility index (Phi) is 4.11. The highest BCUT2D eigenvalue weighted by molar-refractivity contribution is 7.22. The summed E-state index contributed by atoms with van der Waals surface area (Å²) in [6, 6.07) is 5.03. The molecule has 2 aromatic rings. The minimum Gasteiger partial charge on any atom is -0.300 e. The maximum Gasteiger partial charge on any atom is 0.249 e. The zero-order valence-electron chi connectivity index (χ0n) is 14.6. The summed E-state index contributed by atoms with van der Waals surface area (Å²) in [5.74, 6) is -1.53. The molecule has 1 aliphatic carbocycles.